The molecule has 120 valence electrons. The van der Waals surface area contributed by atoms with Crippen LogP contribution in [0.15, 0.2) is 42.7 Å². The number of benzene rings is 1. The van der Waals surface area contributed by atoms with Gasteiger partial charge in [0.2, 0.25) is 0 Å². The van der Waals surface area contributed by atoms with Crippen LogP contribution in [0.4, 0.5) is 11.4 Å². The Morgan fingerprint density at radius 1 is 1.13 bits per heavy atom. The number of ether oxygens (including phenoxy) is 1. The number of anilines is 2. The van der Waals surface area contributed by atoms with E-state index < -0.39 is 0 Å². The van der Waals surface area contributed by atoms with E-state index >= 15 is 0 Å². The normalized spacial score (nSPS) is 14.4. The Morgan fingerprint density at radius 2 is 1.87 bits per heavy atom. The fourth-order valence-electron chi connectivity index (χ4n) is 2.84. The van der Waals surface area contributed by atoms with Gasteiger partial charge >= 0.3 is 0 Å². The molecule has 0 aliphatic carbocycles. The van der Waals surface area contributed by atoms with Crippen LogP contribution >= 0.6 is 0 Å². The zero-order valence-corrected chi connectivity index (χ0v) is 13.3. The fourth-order valence-corrected chi connectivity index (χ4v) is 2.84. The third kappa shape index (κ3) is 3.62. The zero-order chi connectivity index (χ0) is 16.1. The Hall–Kier alpha value is -2.56. The molecule has 1 aliphatic heterocycles. The maximum Gasteiger partial charge on any atom is 0.255 e. The molecule has 1 amide bonds. The lowest BCUT2D eigenvalue weighted by Gasteiger charge is -2.29. The van der Waals surface area contributed by atoms with Crippen molar-refractivity contribution in [1.82, 2.24) is 4.98 Å². The lowest BCUT2D eigenvalue weighted by atomic mass is 10.1. The Bertz CT molecular complexity index is 667. The SMILES string of the molecule is COc1ccc(N2CCCCC2)cc1NC(=O)c1ccncc1. The summed E-state index contributed by atoms with van der Waals surface area (Å²) in [5.74, 6) is 0.495. The summed E-state index contributed by atoms with van der Waals surface area (Å²) in [6.45, 7) is 2.12. The molecule has 1 aromatic heterocycles. The molecule has 1 aliphatic rings. The molecule has 5 nitrogen and oxygen atoms in total. The highest BCUT2D eigenvalue weighted by Gasteiger charge is 2.15. The van der Waals surface area contributed by atoms with E-state index in [2.05, 4.69) is 15.2 Å². The van der Waals surface area contributed by atoms with E-state index in [0.717, 1.165) is 18.8 Å². The average molecular weight is 311 g/mol. The minimum atomic E-state index is -0.165. The van der Waals surface area contributed by atoms with Gasteiger partial charge in [0.05, 0.1) is 12.8 Å². The summed E-state index contributed by atoms with van der Waals surface area (Å²) in [5.41, 5.74) is 2.39. The van der Waals surface area contributed by atoms with Crippen molar-refractivity contribution >= 4 is 17.3 Å². The Balaban J connectivity index is 1.83. The van der Waals surface area contributed by atoms with Gasteiger partial charge in [0.15, 0.2) is 0 Å². The molecule has 0 spiro atoms. The number of piperidine rings is 1. The molecule has 1 fully saturated rings. The maximum absolute atomic E-state index is 12.4. The largest absolute Gasteiger partial charge is 0.495 e. The van der Waals surface area contributed by atoms with Crippen molar-refractivity contribution in [2.45, 2.75) is 19.3 Å². The number of nitrogens with one attached hydrogen (secondary N) is 1. The Morgan fingerprint density at radius 3 is 2.57 bits per heavy atom. The molecule has 2 aromatic rings. The molecule has 2 heterocycles. The third-order valence-corrected chi connectivity index (χ3v) is 4.09. The van der Waals surface area contributed by atoms with Crippen LogP contribution in [0, 0.1) is 0 Å². The molecular formula is C18H21N3O2. The van der Waals surface area contributed by atoms with Crippen LogP contribution < -0.4 is 15.0 Å². The van der Waals surface area contributed by atoms with E-state index in [9.17, 15) is 4.79 Å². The predicted molar refractivity (Wildman–Crippen MR) is 91.2 cm³/mol. The predicted octanol–water partition coefficient (Wildman–Crippen LogP) is 3.33. The lowest BCUT2D eigenvalue weighted by molar-refractivity contribution is 0.102. The minimum absolute atomic E-state index is 0.165. The summed E-state index contributed by atoms with van der Waals surface area (Å²) in [6, 6.07) is 9.33. The van der Waals surface area contributed by atoms with E-state index in [0.29, 0.717) is 17.0 Å². The van der Waals surface area contributed by atoms with Gasteiger partial charge in [0, 0.05) is 36.7 Å². The van der Waals surface area contributed by atoms with Crippen molar-refractivity contribution in [2.75, 3.05) is 30.4 Å². The van der Waals surface area contributed by atoms with Gasteiger partial charge in [-0.05, 0) is 49.6 Å². The summed E-state index contributed by atoms with van der Waals surface area (Å²) < 4.78 is 5.38. The second kappa shape index (κ2) is 7.13. The van der Waals surface area contributed by atoms with Gasteiger partial charge in [-0.2, -0.15) is 0 Å². The van der Waals surface area contributed by atoms with Crippen LogP contribution in [0.1, 0.15) is 29.6 Å². The van der Waals surface area contributed by atoms with Gasteiger partial charge in [-0.25, -0.2) is 0 Å². The highest BCUT2D eigenvalue weighted by molar-refractivity contribution is 6.05. The molecule has 1 saturated heterocycles. The summed E-state index contributed by atoms with van der Waals surface area (Å²) >= 11 is 0. The standard InChI is InChI=1S/C18H21N3O2/c1-23-17-6-5-15(21-11-3-2-4-12-21)13-16(17)20-18(22)14-7-9-19-10-8-14/h5-10,13H,2-4,11-12H2,1H3,(H,20,22). The number of aromatic nitrogens is 1. The van der Waals surface area contributed by atoms with Gasteiger partial charge < -0.3 is 15.0 Å². The molecule has 1 N–H and O–H groups in total. The highest BCUT2D eigenvalue weighted by Crippen LogP contribution is 2.31. The Kier molecular flexibility index (Phi) is 4.76. The number of hydrogen-bond donors (Lipinski definition) is 1. The smallest absolute Gasteiger partial charge is 0.255 e. The first-order chi connectivity index (χ1) is 11.3. The van der Waals surface area contributed by atoms with E-state index in [1.165, 1.54) is 19.3 Å². The van der Waals surface area contributed by atoms with Gasteiger partial charge in [-0.1, -0.05) is 0 Å². The molecular weight excluding hydrogens is 290 g/mol. The number of hydrogen-bond acceptors (Lipinski definition) is 4. The van der Waals surface area contributed by atoms with Crippen LogP contribution in [0.25, 0.3) is 0 Å². The number of rotatable bonds is 4. The molecule has 0 bridgehead atoms. The summed E-state index contributed by atoms with van der Waals surface area (Å²) in [5, 5.41) is 2.94. The molecule has 0 radical (unpaired) electrons. The topological polar surface area (TPSA) is 54.5 Å². The van der Waals surface area contributed by atoms with Gasteiger partial charge in [0.25, 0.3) is 5.91 Å². The quantitative estimate of drug-likeness (QED) is 0.941. The minimum Gasteiger partial charge on any atom is -0.495 e. The van der Waals surface area contributed by atoms with E-state index in [1.807, 2.05) is 18.2 Å². The first-order valence-electron chi connectivity index (χ1n) is 7.92. The van der Waals surface area contributed by atoms with Crippen molar-refractivity contribution in [3.8, 4) is 5.75 Å². The van der Waals surface area contributed by atoms with Crippen LogP contribution in [-0.4, -0.2) is 31.1 Å². The van der Waals surface area contributed by atoms with E-state index in [4.69, 9.17) is 4.74 Å². The van der Waals surface area contributed by atoms with Gasteiger partial charge in [-0.3, -0.25) is 9.78 Å². The second-order valence-electron chi connectivity index (χ2n) is 5.62. The second-order valence-corrected chi connectivity index (χ2v) is 5.62. The molecule has 5 heteroatoms. The molecule has 23 heavy (non-hydrogen) atoms. The fraction of sp³-hybridized carbons (Fsp3) is 0.333. The van der Waals surface area contributed by atoms with Crippen molar-refractivity contribution in [3.05, 3.63) is 48.3 Å². The average Bonchev–Trinajstić information content (AvgIpc) is 2.63. The van der Waals surface area contributed by atoms with Crippen molar-refractivity contribution in [3.63, 3.8) is 0 Å². The molecule has 0 saturated carbocycles. The van der Waals surface area contributed by atoms with Crippen LogP contribution in [0.3, 0.4) is 0 Å². The zero-order valence-electron chi connectivity index (χ0n) is 13.3. The third-order valence-electron chi connectivity index (χ3n) is 4.09. The van der Waals surface area contributed by atoms with E-state index in [1.54, 1.807) is 31.6 Å². The van der Waals surface area contributed by atoms with Crippen molar-refractivity contribution < 1.29 is 9.53 Å². The first-order valence-corrected chi connectivity index (χ1v) is 7.92. The maximum atomic E-state index is 12.4. The highest BCUT2D eigenvalue weighted by atomic mass is 16.5. The summed E-state index contributed by atoms with van der Waals surface area (Å²) in [7, 11) is 1.61. The Labute approximate surface area is 136 Å². The van der Waals surface area contributed by atoms with Crippen LogP contribution in [-0.2, 0) is 0 Å². The number of amides is 1. The molecule has 1 aromatic carbocycles. The van der Waals surface area contributed by atoms with Crippen molar-refractivity contribution in [2.24, 2.45) is 0 Å². The molecule has 0 unspecified atom stereocenters. The van der Waals surface area contributed by atoms with Gasteiger partial charge in [0.1, 0.15) is 5.75 Å². The molecule has 3 rings (SSSR count). The number of carbonyl (C=O) groups excluding carboxylic acids is 1. The van der Waals surface area contributed by atoms with Crippen molar-refractivity contribution in [1.29, 1.82) is 0 Å². The van der Waals surface area contributed by atoms with Crippen LogP contribution in [0.2, 0.25) is 0 Å². The monoisotopic (exact) mass is 311 g/mol. The van der Waals surface area contributed by atoms with Gasteiger partial charge in [-0.15, -0.1) is 0 Å². The number of carbonyl (C=O) groups is 1. The lowest BCUT2D eigenvalue weighted by Crippen LogP contribution is -2.29. The summed E-state index contributed by atoms with van der Waals surface area (Å²) in [4.78, 5) is 18.6. The number of methoxy groups -OCH3 is 1. The molecule has 0 atom stereocenters. The first kappa shape index (κ1) is 15.3. The van der Waals surface area contributed by atoms with E-state index in [-0.39, 0.29) is 5.91 Å². The summed E-state index contributed by atoms with van der Waals surface area (Å²) in [6.07, 6.45) is 6.93. The number of nitrogens with zero attached hydrogens (tertiary/aromatic N) is 2. The number of pyridine rings is 1. The van der Waals surface area contributed by atoms with Crippen LogP contribution in [0.5, 0.6) is 5.75 Å².